The number of likely N-dealkylation sites (tertiary alicyclic amines) is 2. The van der Waals surface area contributed by atoms with Crippen LogP contribution in [0.3, 0.4) is 0 Å². The van der Waals surface area contributed by atoms with Crippen molar-refractivity contribution in [2.75, 3.05) is 47.0 Å². The number of aromatic nitrogens is 1. The lowest BCUT2D eigenvalue weighted by Crippen LogP contribution is -2.62. The van der Waals surface area contributed by atoms with E-state index in [9.17, 15) is 9.59 Å². The van der Waals surface area contributed by atoms with Crippen LogP contribution in [-0.4, -0.2) is 85.9 Å². The van der Waals surface area contributed by atoms with Gasteiger partial charge in [-0.1, -0.05) is 12.1 Å². The first kappa shape index (κ1) is 24.4. The van der Waals surface area contributed by atoms with Crippen molar-refractivity contribution in [1.82, 2.24) is 20.1 Å². The highest BCUT2D eigenvalue weighted by Crippen LogP contribution is 2.40. The minimum absolute atomic E-state index is 0.00175. The van der Waals surface area contributed by atoms with Gasteiger partial charge in [0.1, 0.15) is 6.61 Å². The van der Waals surface area contributed by atoms with Gasteiger partial charge in [0.15, 0.2) is 11.5 Å². The monoisotopic (exact) mass is 494 g/mol. The van der Waals surface area contributed by atoms with Gasteiger partial charge in [0, 0.05) is 44.0 Å². The second-order valence-corrected chi connectivity index (χ2v) is 9.71. The zero-order valence-corrected chi connectivity index (χ0v) is 20.9. The number of pyridine rings is 1. The molecule has 2 aromatic rings. The van der Waals surface area contributed by atoms with Crippen molar-refractivity contribution >= 4 is 11.9 Å². The van der Waals surface area contributed by atoms with Crippen LogP contribution in [0.15, 0.2) is 42.6 Å². The second kappa shape index (κ2) is 10.7. The summed E-state index contributed by atoms with van der Waals surface area (Å²) in [6.07, 6.45) is 4.33. The fourth-order valence-electron chi connectivity index (χ4n) is 5.79. The summed E-state index contributed by atoms with van der Waals surface area (Å²) in [5, 5.41) is 2.98. The van der Waals surface area contributed by atoms with E-state index in [1.165, 1.54) is 0 Å². The number of urea groups is 1. The summed E-state index contributed by atoms with van der Waals surface area (Å²) in [6.45, 7) is 2.64. The average Bonchev–Trinajstić information content (AvgIpc) is 2.93. The van der Waals surface area contributed by atoms with Crippen molar-refractivity contribution < 1.29 is 23.8 Å². The Balaban J connectivity index is 1.28. The van der Waals surface area contributed by atoms with E-state index < -0.39 is 0 Å². The maximum atomic E-state index is 13.3. The Hall–Kier alpha value is -3.33. The Morgan fingerprint density at radius 3 is 2.56 bits per heavy atom. The van der Waals surface area contributed by atoms with Gasteiger partial charge in [-0.2, -0.15) is 0 Å². The third-order valence-corrected chi connectivity index (χ3v) is 7.65. The number of benzene rings is 1. The molecule has 9 nitrogen and oxygen atoms in total. The number of hydrogen-bond acceptors (Lipinski definition) is 6. The molecule has 36 heavy (non-hydrogen) atoms. The lowest BCUT2D eigenvalue weighted by Gasteiger charge is -2.44. The first-order valence-electron chi connectivity index (χ1n) is 12.6. The standard InChI is InChI=1S/C27H34N4O5/c1-34-23-7-6-19(15-24(23)35-2)26(20-5-3-4-11-28-20)18-8-12-30(13-9-18)27(33)31-14-10-22-21(16-31)29-25(32)17-36-22/h3-7,11,15,18,21-22,26H,8-10,12-14,16-17H2,1-2H3,(H,29,32). The van der Waals surface area contributed by atoms with Gasteiger partial charge in [-0.25, -0.2) is 4.79 Å². The van der Waals surface area contributed by atoms with E-state index in [1.54, 1.807) is 14.2 Å². The van der Waals surface area contributed by atoms with E-state index in [1.807, 2.05) is 40.3 Å². The third-order valence-electron chi connectivity index (χ3n) is 7.65. The summed E-state index contributed by atoms with van der Waals surface area (Å²) in [5.74, 6) is 1.71. The lowest BCUT2D eigenvalue weighted by molar-refractivity contribution is -0.139. The largest absolute Gasteiger partial charge is 0.493 e. The van der Waals surface area contributed by atoms with Gasteiger partial charge < -0.3 is 29.3 Å². The molecule has 3 saturated heterocycles. The minimum atomic E-state index is -0.125. The lowest BCUT2D eigenvalue weighted by atomic mass is 9.78. The molecule has 3 aliphatic heterocycles. The molecule has 1 aromatic heterocycles. The van der Waals surface area contributed by atoms with Crippen molar-refractivity contribution in [3.8, 4) is 11.5 Å². The first-order valence-corrected chi connectivity index (χ1v) is 12.6. The summed E-state index contributed by atoms with van der Waals surface area (Å²) in [4.78, 5) is 33.6. The van der Waals surface area contributed by atoms with Crippen molar-refractivity contribution in [3.63, 3.8) is 0 Å². The van der Waals surface area contributed by atoms with Crippen LogP contribution in [-0.2, 0) is 9.53 Å². The van der Waals surface area contributed by atoms with Crippen LogP contribution in [0, 0.1) is 5.92 Å². The molecule has 4 heterocycles. The number of nitrogens with one attached hydrogen (secondary N) is 1. The zero-order valence-electron chi connectivity index (χ0n) is 20.9. The van der Waals surface area contributed by atoms with Crippen LogP contribution in [0.2, 0.25) is 0 Å². The van der Waals surface area contributed by atoms with Crippen LogP contribution in [0.25, 0.3) is 0 Å². The highest BCUT2D eigenvalue weighted by atomic mass is 16.5. The highest BCUT2D eigenvalue weighted by molar-refractivity contribution is 5.79. The second-order valence-electron chi connectivity index (χ2n) is 9.71. The van der Waals surface area contributed by atoms with Crippen molar-refractivity contribution in [1.29, 1.82) is 0 Å². The molecule has 0 spiro atoms. The summed E-state index contributed by atoms with van der Waals surface area (Å²) in [5.41, 5.74) is 2.15. The Morgan fingerprint density at radius 1 is 1.06 bits per heavy atom. The van der Waals surface area contributed by atoms with E-state index in [0.717, 1.165) is 30.5 Å². The number of carbonyl (C=O) groups excluding carboxylic acids is 2. The van der Waals surface area contributed by atoms with Gasteiger partial charge in [0.25, 0.3) is 0 Å². The number of fused-ring (bicyclic) bond motifs is 1. The Kier molecular flexibility index (Phi) is 7.27. The van der Waals surface area contributed by atoms with E-state index in [-0.39, 0.29) is 36.6 Å². The van der Waals surface area contributed by atoms with Crippen LogP contribution in [0.4, 0.5) is 4.79 Å². The minimum Gasteiger partial charge on any atom is -0.493 e. The molecule has 3 fully saturated rings. The summed E-state index contributed by atoms with van der Waals surface area (Å²) in [7, 11) is 3.29. The van der Waals surface area contributed by atoms with E-state index in [2.05, 4.69) is 17.4 Å². The molecule has 0 saturated carbocycles. The fourth-order valence-corrected chi connectivity index (χ4v) is 5.79. The number of nitrogens with zero attached hydrogens (tertiary/aromatic N) is 3. The number of hydrogen-bond donors (Lipinski definition) is 1. The van der Waals surface area contributed by atoms with Crippen molar-refractivity contribution in [2.24, 2.45) is 5.92 Å². The SMILES string of the molecule is COc1ccc(C(c2ccccn2)C2CCN(C(=O)N3CCC4OCC(=O)NC4C3)CC2)cc1OC. The molecule has 3 aliphatic rings. The third kappa shape index (κ3) is 4.97. The van der Waals surface area contributed by atoms with Crippen LogP contribution in [0.1, 0.15) is 36.4 Å². The molecule has 3 amide bonds. The Bertz CT molecular complexity index is 1070. The maximum Gasteiger partial charge on any atom is 0.320 e. The number of amides is 3. The summed E-state index contributed by atoms with van der Waals surface area (Å²) >= 11 is 0. The maximum absolute atomic E-state index is 13.3. The van der Waals surface area contributed by atoms with Gasteiger partial charge in [0.2, 0.25) is 5.91 Å². The molecule has 0 radical (unpaired) electrons. The number of rotatable bonds is 5. The molecule has 0 bridgehead atoms. The number of carbonyl (C=O) groups is 2. The number of piperidine rings is 2. The molecule has 9 heteroatoms. The van der Waals surface area contributed by atoms with E-state index in [4.69, 9.17) is 19.2 Å². The van der Waals surface area contributed by atoms with Crippen LogP contribution in [0.5, 0.6) is 11.5 Å². The van der Waals surface area contributed by atoms with Crippen molar-refractivity contribution in [3.05, 3.63) is 53.9 Å². The number of methoxy groups -OCH3 is 2. The van der Waals surface area contributed by atoms with Gasteiger partial charge in [-0.3, -0.25) is 9.78 Å². The number of morpholine rings is 1. The predicted molar refractivity (Wildman–Crippen MR) is 133 cm³/mol. The van der Waals surface area contributed by atoms with E-state index in [0.29, 0.717) is 43.6 Å². The molecular weight excluding hydrogens is 460 g/mol. The smallest absolute Gasteiger partial charge is 0.320 e. The Labute approximate surface area is 211 Å². The first-order chi connectivity index (χ1) is 17.6. The zero-order chi connectivity index (χ0) is 25.1. The fraction of sp³-hybridized carbons (Fsp3) is 0.519. The number of ether oxygens (including phenoxy) is 3. The molecular formula is C27H34N4O5. The van der Waals surface area contributed by atoms with E-state index >= 15 is 0 Å². The van der Waals surface area contributed by atoms with Crippen LogP contribution >= 0.6 is 0 Å². The van der Waals surface area contributed by atoms with Crippen LogP contribution < -0.4 is 14.8 Å². The van der Waals surface area contributed by atoms with Crippen molar-refractivity contribution in [2.45, 2.75) is 37.3 Å². The highest BCUT2D eigenvalue weighted by Gasteiger charge is 2.39. The topological polar surface area (TPSA) is 93.2 Å². The predicted octanol–water partition coefficient (Wildman–Crippen LogP) is 2.65. The molecule has 192 valence electrons. The van der Waals surface area contributed by atoms with Gasteiger partial charge in [-0.05, 0) is 55.0 Å². The quantitative estimate of drug-likeness (QED) is 0.687. The molecule has 3 atom stereocenters. The summed E-state index contributed by atoms with van der Waals surface area (Å²) in [6, 6.07) is 12.0. The molecule has 1 aromatic carbocycles. The molecule has 5 rings (SSSR count). The van der Waals surface area contributed by atoms with Gasteiger partial charge in [-0.15, -0.1) is 0 Å². The normalized spacial score (nSPS) is 23.4. The van der Waals surface area contributed by atoms with Gasteiger partial charge in [0.05, 0.1) is 26.4 Å². The van der Waals surface area contributed by atoms with Gasteiger partial charge >= 0.3 is 6.03 Å². The molecule has 0 aliphatic carbocycles. The average molecular weight is 495 g/mol. The molecule has 3 unspecified atom stereocenters. The summed E-state index contributed by atoms with van der Waals surface area (Å²) < 4.78 is 16.6. The Morgan fingerprint density at radius 2 is 1.83 bits per heavy atom. The molecule has 1 N–H and O–H groups in total.